The number of nitrogens with zero attached hydrogens (tertiary/aromatic N) is 2. The molecule has 2 aromatic rings. The Bertz CT molecular complexity index is 1390. The zero-order chi connectivity index (χ0) is 27.1. The van der Waals surface area contributed by atoms with Crippen molar-refractivity contribution >= 4 is 5.91 Å². The molecular formula is C31H31F3N2O3. The number of alkyl halides is 3. The van der Waals surface area contributed by atoms with Crippen LogP contribution in [-0.4, -0.2) is 59.1 Å². The number of rotatable bonds is 3. The van der Waals surface area contributed by atoms with Crippen LogP contribution in [0.2, 0.25) is 0 Å². The van der Waals surface area contributed by atoms with Gasteiger partial charge in [0.15, 0.2) is 11.5 Å². The molecule has 2 heterocycles. The quantitative estimate of drug-likeness (QED) is 0.576. The van der Waals surface area contributed by atoms with Crippen molar-refractivity contribution in [1.82, 2.24) is 9.80 Å². The van der Waals surface area contributed by atoms with Gasteiger partial charge in [-0.2, -0.15) is 13.2 Å². The maximum absolute atomic E-state index is 13.2. The standard InChI is InChI=1S/C31H31F3N2O3/c1-35(26(38)13-6-18-4-8-21(9-5-18)31(32,33)34)23-11-10-22-24-16-20-7-12-25(37)28-27(20)30(22,29(23)39-28)14-15-36(24)17-19-2-3-19/h4-5,7-9,12,19,22-24,29,37H,2-3,10-11,14-17H2,1H3/t22-,23-,24+,29-,30-/m0/s1. The first-order valence-corrected chi connectivity index (χ1v) is 13.9. The van der Waals surface area contributed by atoms with E-state index in [1.54, 1.807) is 18.0 Å². The minimum atomic E-state index is -4.42. The van der Waals surface area contributed by atoms with Crippen molar-refractivity contribution in [3.05, 3.63) is 58.7 Å². The first-order chi connectivity index (χ1) is 18.7. The molecule has 1 saturated heterocycles. The molecule has 0 radical (unpaired) electrons. The summed E-state index contributed by atoms with van der Waals surface area (Å²) in [5.74, 6) is 6.94. The summed E-state index contributed by atoms with van der Waals surface area (Å²) < 4.78 is 45.2. The number of carbonyl (C=O) groups excluding carboxylic acids is 1. The molecule has 1 spiro atoms. The van der Waals surface area contributed by atoms with Gasteiger partial charge in [0.2, 0.25) is 0 Å². The molecule has 8 heteroatoms. The fourth-order valence-electron chi connectivity index (χ4n) is 7.96. The zero-order valence-corrected chi connectivity index (χ0v) is 21.8. The molecule has 7 rings (SSSR count). The summed E-state index contributed by atoms with van der Waals surface area (Å²) in [5, 5.41) is 10.8. The van der Waals surface area contributed by atoms with Crippen molar-refractivity contribution < 1.29 is 27.8 Å². The van der Waals surface area contributed by atoms with Gasteiger partial charge in [-0.05, 0) is 92.8 Å². The molecule has 1 amide bonds. The van der Waals surface area contributed by atoms with Gasteiger partial charge in [-0.15, -0.1) is 0 Å². The van der Waals surface area contributed by atoms with Gasteiger partial charge < -0.3 is 14.7 Å². The molecule has 3 aliphatic carbocycles. The average molecular weight is 537 g/mol. The number of piperidine rings is 1. The van der Waals surface area contributed by atoms with Gasteiger partial charge in [0.25, 0.3) is 5.91 Å². The smallest absolute Gasteiger partial charge is 0.416 e. The third kappa shape index (κ3) is 3.84. The van der Waals surface area contributed by atoms with Crippen LogP contribution < -0.4 is 4.74 Å². The predicted octanol–water partition coefficient (Wildman–Crippen LogP) is 4.74. The Hall–Kier alpha value is -3.18. The second-order valence-corrected chi connectivity index (χ2v) is 12.0. The van der Waals surface area contributed by atoms with Crippen LogP contribution in [0.5, 0.6) is 11.5 Å². The van der Waals surface area contributed by atoms with Crippen molar-refractivity contribution in [2.45, 2.75) is 68.3 Å². The highest BCUT2D eigenvalue weighted by molar-refractivity contribution is 5.94. The number of carbonyl (C=O) groups is 1. The van der Waals surface area contributed by atoms with Gasteiger partial charge in [-0.25, -0.2) is 0 Å². The van der Waals surface area contributed by atoms with Gasteiger partial charge in [-0.3, -0.25) is 9.69 Å². The summed E-state index contributed by atoms with van der Waals surface area (Å²) in [6, 6.07) is 8.53. The molecule has 5 atom stereocenters. The lowest BCUT2D eigenvalue weighted by Crippen LogP contribution is -2.69. The number of phenols is 1. The summed E-state index contributed by atoms with van der Waals surface area (Å²) in [6.45, 7) is 2.15. The highest BCUT2D eigenvalue weighted by Crippen LogP contribution is 2.64. The Labute approximate surface area is 225 Å². The molecule has 2 aromatic carbocycles. The number of hydrogen-bond donors (Lipinski definition) is 1. The molecule has 0 unspecified atom stereocenters. The molecule has 1 N–H and O–H groups in total. The van der Waals surface area contributed by atoms with Crippen molar-refractivity contribution in [1.29, 1.82) is 0 Å². The van der Waals surface area contributed by atoms with E-state index in [2.05, 4.69) is 22.8 Å². The fourth-order valence-corrected chi connectivity index (χ4v) is 7.96. The van der Waals surface area contributed by atoms with Crippen molar-refractivity contribution in [3.63, 3.8) is 0 Å². The molecule has 204 valence electrons. The Morgan fingerprint density at radius 3 is 2.64 bits per heavy atom. The summed E-state index contributed by atoms with van der Waals surface area (Å²) in [5.41, 5.74) is 1.77. The third-order valence-corrected chi connectivity index (χ3v) is 9.93. The molecule has 2 aliphatic heterocycles. The molecule has 39 heavy (non-hydrogen) atoms. The summed E-state index contributed by atoms with van der Waals surface area (Å²) >= 11 is 0. The van der Waals surface area contributed by atoms with Gasteiger partial charge in [0.05, 0.1) is 11.6 Å². The van der Waals surface area contributed by atoms with Gasteiger partial charge in [0.1, 0.15) is 6.10 Å². The summed E-state index contributed by atoms with van der Waals surface area (Å²) in [4.78, 5) is 17.6. The van der Waals surface area contributed by atoms with Gasteiger partial charge in [-0.1, -0.05) is 12.0 Å². The summed E-state index contributed by atoms with van der Waals surface area (Å²) in [7, 11) is 1.74. The van der Waals surface area contributed by atoms with Crippen LogP contribution in [-0.2, 0) is 22.8 Å². The molecule has 3 fully saturated rings. The molecule has 2 saturated carbocycles. The van der Waals surface area contributed by atoms with E-state index in [0.717, 1.165) is 62.4 Å². The minimum Gasteiger partial charge on any atom is -0.504 e. The van der Waals surface area contributed by atoms with E-state index in [0.29, 0.717) is 23.3 Å². The maximum Gasteiger partial charge on any atom is 0.416 e. The van der Waals surface area contributed by atoms with E-state index in [1.165, 1.54) is 30.5 Å². The van der Waals surface area contributed by atoms with Crippen LogP contribution in [0, 0.1) is 23.7 Å². The number of halogens is 3. The average Bonchev–Trinajstić information content (AvgIpc) is 3.67. The Balaban J connectivity index is 1.18. The monoisotopic (exact) mass is 536 g/mol. The highest BCUT2D eigenvalue weighted by atomic mass is 19.4. The lowest BCUT2D eigenvalue weighted by molar-refractivity contribution is -0.137. The number of benzene rings is 2. The normalized spacial score (nSPS) is 30.6. The second kappa shape index (κ2) is 8.66. The Kier molecular flexibility index (Phi) is 5.51. The Morgan fingerprint density at radius 1 is 1.15 bits per heavy atom. The first kappa shape index (κ1) is 24.8. The number of likely N-dealkylation sites (N-methyl/N-ethyl adjacent to an activating group) is 1. The molecule has 2 bridgehead atoms. The van der Waals surface area contributed by atoms with Crippen LogP contribution in [0.4, 0.5) is 13.2 Å². The zero-order valence-electron chi connectivity index (χ0n) is 21.8. The predicted molar refractivity (Wildman–Crippen MR) is 138 cm³/mol. The van der Waals surface area contributed by atoms with Gasteiger partial charge >= 0.3 is 6.18 Å². The third-order valence-electron chi connectivity index (χ3n) is 9.93. The van der Waals surface area contributed by atoms with E-state index in [1.807, 2.05) is 0 Å². The lowest BCUT2D eigenvalue weighted by Gasteiger charge is -2.60. The van der Waals surface area contributed by atoms with E-state index >= 15 is 0 Å². The Morgan fingerprint density at radius 2 is 1.92 bits per heavy atom. The molecule has 5 nitrogen and oxygen atoms in total. The van der Waals surface area contributed by atoms with Crippen molar-refractivity contribution in [2.24, 2.45) is 11.8 Å². The van der Waals surface area contributed by atoms with Crippen LogP contribution in [0.1, 0.15) is 54.4 Å². The van der Waals surface area contributed by atoms with E-state index < -0.39 is 17.6 Å². The van der Waals surface area contributed by atoms with E-state index in [-0.39, 0.29) is 23.3 Å². The SMILES string of the molecule is CN(C(=O)C#Cc1ccc(C(F)(F)F)cc1)[C@H]1CC[C@H]2[C@H]3Cc4ccc(O)c5c4[C@@]2(CCN3CC2CC2)[C@H]1O5. The topological polar surface area (TPSA) is 53.0 Å². The van der Waals surface area contributed by atoms with Crippen LogP contribution in [0.15, 0.2) is 36.4 Å². The van der Waals surface area contributed by atoms with Gasteiger partial charge in [0, 0.05) is 42.1 Å². The number of likely N-dealkylation sites (tertiary alicyclic amines) is 1. The largest absolute Gasteiger partial charge is 0.504 e. The van der Waals surface area contributed by atoms with Crippen LogP contribution in [0.25, 0.3) is 0 Å². The summed E-state index contributed by atoms with van der Waals surface area (Å²) in [6.07, 6.45) is 1.60. The second-order valence-electron chi connectivity index (χ2n) is 12.0. The number of aromatic hydroxyl groups is 1. The number of amides is 1. The molecule has 5 aliphatic rings. The van der Waals surface area contributed by atoms with Crippen LogP contribution in [0.3, 0.4) is 0 Å². The lowest BCUT2D eigenvalue weighted by atomic mass is 9.51. The van der Waals surface area contributed by atoms with Crippen molar-refractivity contribution in [3.8, 4) is 23.3 Å². The fraction of sp³-hybridized carbons (Fsp3) is 0.516. The van der Waals surface area contributed by atoms with E-state index in [9.17, 15) is 23.1 Å². The first-order valence-electron chi connectivity index (χ1n) is 13.9. The number of phenolic OH excluding ortho intramolecular Hbond substituents is 1. The maximum atomic E-state index is 13.2. The number of ether oxygens (including phenoxy) is 1. The minimum absolute atomic E-state index is 0.157. The molecular weight excluding hydrogens is 505 g/mol. The van der Waals surface area contributed by atoms with E-state index in [4.69, 9.17) is 4.74 Å². The number of hydrogen-bond acceptors (Lipinski definition) is 4. The van der Waals surface area contributed by atoms with Crippen molar-refractivity contribution in [2.75, 3.05) is 20.1 Å². The highest BCUT2D eigenvalue weighted by Gasteiger charge is 2.66. The van der Waals surface area contributed by atoms with Crippen LogP contribution >= 0.6 is 0 Å². The molecule has 0 aromatic heterocycles.